The van der Waals surface area contributed by atoms with Crippen molar-refractivity contribution in [3.05, 3.63) is 16.1 Å². The van der Waals surface area contributed by atoms with Gasteiger partial charge in [-0.05, 0) is 6.07 Å². The molecule has 1 amide bonds. The van der Waals surface area contributed by atoms with Crippen LogP contribution in [-0.4, -0.2) is 24.5 Å². The summed E-state index contributed by atoms with van der Waals surface area (Å²) in [5, 5.41) is 5.79. The third-order valence-electron chi connectivity index (χ3n) is 1.65. The van der Waals surface area contributed by atoms with Gasteiger partial charge in [0.2, 0.25) is 5.91 Å². The molecule has 0 radical (unpaired) electrons. The SMILES string of the molecule is CNC(=O)CNc1nc(N)c(Cl)cc1Cl. The Bertz CT molecular complexity index is 383. The highest BCUT2D eigenvalue weighted by atomic mass is 35.5. The first-order valence-corrected chi connectivity index (χ1v) is 4.86. The number of likely N-dealkylation sites (N-methyl/N-ethyl adjacent to an activating group) is 1. The summed E-state index contributed by atoms with van der Waals surface area (Å²) in [6, 6.07) is 1.47. The van der Waals surface area contributed by atoms with Gasteiger partial charge in [0.25, 0.3) is 0 Å². The molecule has 1 heterocycles. The average molecular weight is 249 g/mol. The number of hydrogen-bond donors (Lipinski definition) is 3. The van der Waals surface area contributed by atoms with Crippen molar-refractivity contribution >= 4 is 40.7 Å². The summed E-state index contributed by atoms with van der Waals surface area (Å²) in [6.07, 6.45) is 0. The number of hydrogen-bond acceptors (Lipinski definition) is 4. The first kappa shape index (κ1) is 11.9. The molecule has 0 atom stereocenters. The molecule has 82 valence electrons. The number of rotatable bonds is 3. The van der Waals surface area contributed by atoms with E-state index in [4.69, 9.17) is 28.9 Å². The Labute approximate surface area is 97.0 Å². The lowest BCUT2D eigenvalue weighted by Gasteiger charge is -2.08. The molecule has 1 rings (SSSR count). The van der Waals surface area contributed by atoms with Crippen LogP contribution in [0, 0.1) is 0 Å². The summed E-state index contributed by atoms with van der Waals surface area (Å²) in [6.45, 7) is 0.0737. The maximum atomic E-state index is 10.9. The predicted molar refractivity (Wildman–Crippen MR) is 61.2 cm³/mol. The molecular formula is C8H10Cl2N4O. The van der Waals surface area contributed by atoms with E-state index < -0.39 is 0 Å². The van der Waals surface area contributed by atoms with Gasteiger partial charge in [-0.25, -0.2) is 4.98 Å². The van der Waals surface area contributed by atoms with E-state index in [2.05, 4.69) is 15.6 Å². The van der Waals surface area contributed by atoms with E-state index in [0.29, 0.717) is 10.8 Å². The quantitative estimate of drug-likeness (QED) is 0.750. The number of nitrogen functional groups attached to an aromatic ring is 1. The largest absolute Gasteiger partial charge is 0.382 e. The number of pyridine rings is 1. The van der Waals surface area contributed by atoms with Gasteiger partial charge in [-0.1, -0.05) is 23.2 Å². The second-order valence-electron chi connectivity index (χ2n) is 2.71. The van der Waals surface area contributed by atoms with Crippen molar-refractivity contribution in [3.8, 4) is 0 Å². The monoisotopic (exact) mass is 248 g/mol. The molecule has 1 aromatic heterocycles. The minimum absolute atomic E-state index is 0.0737. The molecule has 1 aromatic rings. The number of halogens is 2. The van der Waals surface area contributed by atoms with Gasteiger partial charge in [0.15, 0.2) is 0 Å². The third kappa shape index (κ3) is 3.14. The Hall–Kier alpha value is -1.20. The number of nitrogens with two attached hydrogens (primary N) is 1. The summed E-state index contributed by atoms with van der Waals surface area (Å²) < 4.78 is 0. The molecule has 0 aliphatic rings. The summed E-state index contributed by atoms with van der Waals surface area (Å²) in [5.74, 6) is 0.323. The first-order chi connectivity index (χ1) is 7.04. The van der Waals surface area contributed by atoms with Crippen LogP contribution in [0.3, 0.4) is 0 Å². The fourth-order valence-corrected chi connectivity index (χ4v) is 1.28. The Kier molecular flexibility index (Phi) is 3.99. The Balaban J connectivity index is 2.77. The number of nitrogens with zero attached hydrogens (tertiary/aromatic N) is 1. The smallest absolute Gasteiger partial charge is 0.239 e. The van der Waals surface area contributed by atoms with E-state index in [1.807, 2.05) is 0 Å². The number of aromatic nitrogens is 1. The van der Waals surface area contributed by atoms with Crippen LogP contribution in [0.4, 0.5) is 11.6 Å². The van der Waals surface area contributed by atoms with Crippen molar-refractivity contribution in [3.63, 3.8) is 0 Å². The number of carbonyl (C=O) groups excluding carboxylic acids is 1. The summed E-state index contributed by atoms with van der Waals surface area (Å²) in [4.78, 5) is 14.8. The predicted octanol–water partition coefficient (Wildman–Crippen LogP) is 1.13. The molecule has 0 aliphatic heterocycles. The lowest BCUT2D eigenvalue weighted by Crippen LogP contribution is -2.26. The summed E-state index contributed by atoms with van der Waals surface area (Å²) >= 11 is 11.5. The fourth-order valence-electron chi connectivity index (χ4n) is 0.857. The lowest BCUT2D eigenvalue weighted by molar-refractivity contribution is -0.118. The molecule has 0 aliphatic carbocycles. The van der Waals surface area contributed by atoms with Crippen LogP contribution in [-0.2, 0) is 4.79 Å². The van der Waals surface area contributed by atoms with Crippen LogP contribution in [0.2, 0.25) is 10.0 Å². The van der Waals surface area contributed by atoms with Crippen molar-refractivity contribution in [2.45, 2.75) is 0 Å². The molecule has 0 saturated carbocycles. The average Bonchev–Trinajstić information content (AvgIpc) is 2.21. The van der Waals surface area contributed by atoms with Crippen LogP contribution in [0.5, 0.6) is 0 Å². The first-order valence-electron chi connectivity index (χ1n) is 4.10. The summed E-state index contributed by atoms with van der Waals surface area (Å²) in [7, 11) is 1.54. The summed E-state index contributed by atoms with van der Waals surface area (Å²) in [5.41, 5.74) is 5.49. The normalized spacial score (nSPS) is 9.80. The van der Waals surface area contributed by atoms with Crippen molar-refractivity contribution in [2.75, 3.05) is 24.6 Å². The fraction of sp³-hybridized carbons (Fsp3) is 0.250. The van der Waals surface area contributed by atoms with E-state index in [0.717, 1.165) is 0 Å². The molecule has 0 fully saturated rings. The zero-order chi connectivity index (χ0) is 11.4. The second-order valence-corrected chi connectivity index (χ2v) is 3.53. The molecule has 4 N–H and O–H groups in total. The molecule has 7 heteroatoms. The lowest BCUT2D eigenvalue weighted by atomic mass is 10.4. The van der Waals surface area contributed by atoms with Crippen LogP contribution in [0.25, 0.3) is 0 Å². The Morgan fingerprint density at radius 3 is 2.80 bits per heavy atom. The van der Waals surface area contributed by atoms with E-state index in [1.165, 1.54) is 13.1 Å². The standard InChI is InChI=1S/C8H10Cl2N4O/c1-12-6(15)3-13-8-5(10)2-4(9)7(11)14-8/h2H,3H2,1H3,(H,12,15)(H3,11,13,14). The number of amides is 1. The third-order valence-corrected chi connectivity index (χ3v) is 2.24. The van der Waals surface area contributed by atoms with Crippen molar-refractivity contribution in [2.24, 2.45) is 0 Å². The zero-order valence-corrected chi connectivity index (χ0v) is 9.49. The van der Waals surface area contributed by atoms with Crippen LogP contribution < -0.4 is 16.4 Å². The molecular weight excluding hydrogens is 239 g/mol. The topological polar surface area (TPSA) is 80.0 Å². The van der Waals surface area contributed by atoms with Crippen molar-refractivity contribution in [1.82, 2.24) is 10.3 Å². The zero-order valence-electron chi connectivity index (χ0n) is 7.97. The number of nitrogens with one attached hydrogen (secondary N) is 2. The maximum absolute atomic E-state index is 10.9. The van der Waals surface area contributed by atoms with Crippen molar-refractivity contribution in [1.29, 1.82) is 0 Å². The molecule has 5 nitrogen and oxygen atoms in total. The van der Waals surface area contributed by atoms with Crippen LogP contribution in [0.15, 0.2) is 6.07 Å². The van der Waals surface area contributed by atoms with Crippen molar-refractivity contribution < 1.29 is 4.79 Å². The highest BCUT2D eigenvalue weighted by Crippen LogP contribution is 2.26. The van der Waals surface area contributed by atoms with Gasteiger partial charge in [-0.3, -0.25) is 4.79 Å². The number of carbonyl (C=O) groups is 1. The van der Waals surface area contributed by atoms with Gasteiger partial charge in [-0.2, -0.15) is 0 Å². The van der Waals surface area contributed by atoms with Crippen LogP contribution in [0.1, 0.15) is 0 Å². The molecule has 0 spiro atoms. The minimum atomic E-state index is -0.179. The van der Waals surface area contributed by atoms with Gasteiger partial charge in [0.05, 0.1) is 16.6 Å². The molecule has 0 bridgehead atoms. The molecule has 0 aromatic carbocycles. The highest BCUT2D eigenvalue weighted by Gasteiger charge is 2.07. The molecule has 0 saturated heterocycles. The number of anilines is 2. The molecule has 15 heavy (non-hydrogen) atoms. The van der Waals surface area contributed by atoms with Crippen LogP contribution >= 0.6 is 23.2 Å². The van der Waals surface area contributed by atoms with Gasteiger partial charge in [0.1, 0.15) is 11.6 Å². The van der Waals surface area contributed by atoms with Gasteiger partial charge < -0.3 is 16.4 Å². The van der Waals surface area contributed by atoms with Gasteiger partial charge in [-0.15, -0.1) is 0 Å². The van der Waals surface area contributed by atoms with E-state index in [1.54, 1.807) is 0 Å². The highest BCUT2D eigenvalue weighted by molar-refractivity contribution is 6.37. The Morgan fingerprint density at radius 2 is 2.20 bits per heavy atom. The second kappa shape index (κ2) is 5.04. The molecule has 0 unspecified atom stereocenters. The van der Waals surface area contributed by atoms with E-state index in [-0.39, 0.29) is 23.3 Å². The van der Waals surface area contributed by atoms with E-state index >= 15 is 0 Å². The maximum Gasteiger partial charge on any atom is 0.239 e. The van der Waals surface area contributed by atoms with Gasteiger partial charge in [0, 0.05) is 7.05 Å². The van der Waals surface area contributed by atoms with E-state index in [9.17, 15) is 4.79 Å². The van der Waals surface area contributed by atoms with Gasteiger partial charge >= 0.3 is 0 Å². The Morgan fingerprint density at radius 1 is 1.53 bits per heavy atom. The minimum Gasteiger partial charge on any atom is -0.382 e.